The summed E-state index contributed by atoms with van der Waals surface area (Å²) in [5.41, 5.74) is 1.27. The summed E-state index contributed by atoms with van der Waals surface area (Å²) in [5.74, 6) is -0.000331. The lowest BCUT2D eigenvalue weighted by Gasteiger charge is -2.22. The molecule has 2 N–H and O–H groups in total. The van der Waals surface area contributed by atoms with Crippen LogP contribution in [0.25, 0.3) is 0 Å². The fourth-order valence-electron chi connectivity index (χ4n) is 2.44. The number of rotatable bonds is 4. The molecule has 0 atom stereocenters. The first-order valence-corrected chi connectivity index (χ1v) is 6.82. The highest BCUT2D eigenvalue weighted by Gasteiger charge is 2.15. The molecular weight excluding hydrogens is 238 g/mol. The summed E-state index contributed by atoms with van der Waals surface area (Å²) in [6.45, 7) is 0.217. The predicted molar refractivity (Wildman–Crippen MR) is 74.7 cm³/mol. The third-order valence-electron chi connectivity index (χ3n) is 3.46. The maximum Gasteiger partial charge on any atom is 0.239 e. The van der Waals surface area contributed by atoms with Crippen molar-refractivity contribution in [2.24, 2.45) is 0 Å². The van der Waals surface area contributed by atoms with E-state index < -0.39 is 0 Å². The first-order chi connectivity index (χ1) is 9.29. The molecule has 0 saturated heterocycles. The SMILES string of the molecule is N#Cc1ccccc1NCC(=O)NC1CCCCC1. The predicted octanol–water partition coefficient (Wildman–Crippen LogP) is 2.42. The zero-order valence-electron chi connectivity index (χ0n) is 11.0. The van der Waals surface area contributed by atoms with E-state index in [0.29, 0.717) is 17.3 Å². The molecular formula is C15H19N3O. The number of amides is 1. The number of carbonyl (C=O) groups excluding carboxylic acids is 1. The van der Waals surface area contributed by atoms with Crippen LogP contribution in [-0.4, -0.2) is 18.5 Å². The number of benzene rings is 1. The van der Waals surface area contributed by atoms with Crippen LogP contribution in [0, 0.1) is 11.3 Å². The Bertz CT molecular complexity index is 473. The molecule has 0 heterocycles. The summed E-state index contributed by atoms with van der Waals surface area (Å²) in [6, 6.07) is 9.64. The van der Waals surface area contributed by atoms with Crippen LogP contribution in [0.1, 0.15) is 37.7 Å². The van der Waals surface area contributed by atoms with E-state index in [1.54, 1.807) is 6.07 Å². The van der Waals surface area contributed by atoms with E-state index in [4.69, 9.17) is 5.26 Å². The van der Waals surface area contributed by atoms with Crippen LogP contribution in [-0.2, 0) is 4.79 Å². The van der Waals surface area contributed by atoms with Crippen molar-refractivity contribution in [3.05, 3.63) is 29.8 Å². The Kier molecular flexibility index (Phi) is 4.79. The fraction of sp³-hybridized carbons (Fsp3) is 0.467. The maximum atomic E-state index is 11.8. The number of hydrogen-bond donors (Lipinski definition) is 2. The minimum Gasteiger partial charge on any atom is -0.375 e. The molecule has 4 nitrogen and oxygen atoms in total. The van der Waals surface area contributed by atoms with Gasteiger partial charge in [0, 0.05) is 6.04 Å². The molecule has 1 aliphatic carbocycles. The summed E-state index contributed by atoms with van der Waals surface area (Å²) in [4.78, 5) is 11.8. The zero-order chi connectivity index (χ0) is 13.5. The van der Waals surface area contributed by atoms with Crippen LogP contribution in [0.5, 0.6) is 0 Å². The van der Waals surface area contributed by atoms with Crippen molar-refractivity contribution in [2.75, 3.05) is 11.9 Å². The molecule has 0 radical (unpaired) electrons. The van der Waals surface area contributed by atoms with E-state index in [2.05, 4.69) is 16.7 Å². The Hall–Kier alpha value is -2.02. The molecule has 1 aromatic rings. The highest BCUT2D eigenvalue weighted by molar-refractivity contribution is 5.81. The number of nitrogens with zero attached hydrogens (tertiary/aromatic N) is 1. The van der Waals surface area contributed by atoms with Crippen LogP contribution >= 0.6 is 0 Å². The van der Waals surface area contributed by atoms with Gasteiger partial charge in [0.1, 0.15) is 6.07 Å². The van der Waals surface area contributed by atoms with Crippen molar-refractivity contribution >= 4 is 11.6 Å². The van der Waals surface area contributed by atoms with Gasteiger partial charge in [-0.1, -0.05) is 31.4 Å². The van der Waals surface area contributed by atoms with Crippen LogP contribution in [0.3, 0.4) is 0 Å². The molecule has 100 valence electrons. The summed E-state index contributed by atoms with van der Waals surface area (Å²) >= 11 is 0. The monoisotopic (exact) mass is 257 g/mol. The van der Waals surface area contributed by atoms with Crippen LogP contribution in [0.15, 0.2) is 24.3 Å². The molecule has 1 saturated carbocycles. The average Bonchev–Trinajstić information content (AvgIpc) is 2.46. The Labute approximate surface area is 113 Å². The van der Waals surface area contributed by atoms with Crippen LogP contribution in [0.4, 0.5) is 5.69 Å². The minimum atomic E-state index is -0.000331. The Morgan fingerprint density at radius 2 is 2.00 bits per heavy atom. The molecule has 1 amide bonds. The van der Waals surface area contributed by atoms with E-state index in [-0.39, 0.29) is 12.5 Å². The van der Waals surface area contributed by atoms with Crippen molar-refractivity contribution in [1.82, 2.24) is 5.32 Å². The Balaban J connectivity index is 1.81. The molecule has 4 heteroatoms. The number of nitriles is 1. The van der Waals surface area contributed by atoms with Gasteiger partial charge in [-0.3, -0.25) is 4.79 Å². The van der Waals surface area contributed by atoms with Crippen molar-refractivity contribution in [3.63, 3.8) is 0 Å². The lowest BCUT2D eigenvalue weighted by atomic mass is 9.95. The van der Waals surface area contributed by atoms with Crippen LogP contribution < -0.4 is 10.6 Å². The highest BCUT2D eigenvalue weighted by Crippen LogP contribution is 2.17. The number of nitrogens with one attached hydrogen (secondary N) is 2. The summed E-state index contributed by atoms with van der Waals surface area (Å²) in [5, 5.41) is 15.0. The Morgan fingerprint density at radius 3 is 2.74 bits per heavy atom. The standard InChI is InChI=1S/C15H19N3O/c16-10-12-6-4-5-9-14(12)17-11-15(19)18-13-7-2-1-3-8-13/h4-6,9,13,17H,1-3,7-8,11H2,(H,18,19). The third-order valence-corrected chi connectivity index (χ3v) is 3.46. The average molecular weight is 257 g/mol. The fourth-order valence-corrected chi connectivity index (χ4v) is 2.44. The zero-order valence-corrected chi connectivity index (χ0v) is 11.0. The topological polar surface area (TPSA) is 64.9 Å². The lowest BCUT2D eigenvalue weighted by Crippen LogP contribution is -2.39. The number of hydrogen-bond acceptors (Lipinski definition) is 3. The molecule has 0 aliphatic heterocycles. The van der Waals surface area contributed by atoms with E-state index in [1.807, 2.05) is 18.2 Å². The second-order valence-electron chi connectivity index (χ2n) is 4.91. The largest absolute Gasteiger partial charge is 0.375 e. The van der Waals surface area contributed by atoms with Gasteiger partial charge < -0.3 is 10.6 Å². The van der Waals surface area contributed by atoms with Gasteiger partial charge in [-0.25, -0.2) is 0 Å². The number of para-hydroxylation sites is 1. The molecule has 1 fully saturated rings. The van der Waals surface area contributed by atoms with Gasteiger partial charge >= 0.3 is 0 Å². The van der Waals surface area contributed by atoms with Gasteiger partial charge in [0.2, 0.25) is 5.91 Å². The quantitative estimate of drug-likeness (QED) is 0.870. The van der Waals surface area contributed by atoms with Gasteiger partial charge in [0.05, 0.1) is 17.8 Å². The maximum absolute atomic E-state index is 11.8. The van der Waals surface area contributed by atoms with E-state index >= 15 is 0 Å². The van der Waals surface area contributed by atoms with Crippen LogP contribution in [0.2, 0.25) is 0 Å². The summed E-state index contributed by atoms with van der Waals surface area (Å²) in [7, 11) is 0. The molecule has 19 heavy (non-hydrogen) atoms. The van der Waals surface area contributed by atoms with E-state index in [9.17, 15) is 4.79 Å². The molecule has 0 unspecified atom stereocenters. The van der Waals surface area contributed by atoms with Gasteiger partial charge in [0.15, 0.2) is 0 Å². The van der Waals surface area contributed by atoms with Crippen molar-refractivity contribution in [2.45, 2.75) is 38.1 Å². The van der Waals surface area contributed by atoms with Crippen molar-refractivity contribution < 1.29 is 4.79 Å². The molecule has 2 rings (SSSR count). The molecule has 1 aromatic carbocycles. The lowest BCUT2D eigenvalue weighted by molar-refractivity contribution is -0.120. The highest BCUT2D eigenvalue weighted by atomic mass is 16.1. The van der Waals surface area contributed by atoms with Gasteiger partial charge in [0.25, 0.3) is 0 Å². The second-order valence-corrected chi connectivity index (χ2v) is 4.91. The summed E-state index contributed by atoms with van der Waals surface area (Å²) < 4.78 is 0. The molecule has 0 spiro atoms. The number of carbonyl (C=O) groups is 1. The smallest absolute Gasteiger partial charge is 0.239 e. The summed E-state index contributed by atoms with van der Waals surface area (Å²) in [6.07, 6.45) is 5.85. The van der Waals surface area contributed by atoms with Gasteiger partial charge in [-0.15, -0.1) is 0 Å². The normalized spacial score (nSPS) is 15.5. The first kappa shape index (κ1) is 13.4. The molecule has 0 bridgehead atoms. The van der Waals surface area contributed by atoms with E-state index in [1.165, 1.54) is 19.3 Å². The van der Waals surface area contributed by atoms with Crippen molar-refractivity contribution in [1.29, 1.82) is 5.26 Å². The number of anilines is 1. The minimum absolute atomic E-state index is 0.000331. The van der Waals surface area contributed by atoms with Crippen molar-refractivity contribution in [3.8, 4) is 6.07 Å². The third kappa shape index (κ3) is 3.99. The first-order valence-electron chi connectivity index (χ1n) is 6.82. The second kappa shape index (κ2) is 6.79. The Morgan fingerprint density at radius 1 is 1.26 bits per heavy atom. The van der Waals surface area contributed by atoms with Gasteiger partial charge in [-0.05, 0) is 25.0 Å². The molecule has 1 aliphatic rings. The van der Waals surface area contributed by atoms with E-state index in [0.717, 1.165) is 12.8 Å². The molecule has 0 aromatic heterocycles. The van der Waals surface area contributed by atoms with Gasteiger partial charge in [-0.2, -0.15) is 5.26 Å².